The molecule has 0 aliphatic rings. The zero-order valence-corrected chi connectivity index (χ0v) is 26.2. The van der Waals surface area contributed by atoms with Crippen molar-refractivity contribution in [2.24, 2.45) is 0 Å². The first-order valence-corrected chi connectivity index (χ1v) is 18.7. The van der Waals surface area contributed by atoms with Gasteiger partial charge in [0, 0.05) is 0 Å². The molecule has 210 valence electrons. The van der Waals surface area contributed by atoms with Gasteiger partial charge in [0.2, 0.25) is 0 Å². The molecule has 40 heavy (non-hydrogen) atoms. The summed E-state index contributed by atoms with van der Waals surface area (Å²) < 4.78 is 6.73. The average Bonchev–Trinajstić information content (AvgIpc) is 2.99. The predicted octanol–water partition coefficient (Wildman–Crippen LogP) is 8.32. The number of Topliss-reactive ketones (excluding diaryl/α,β-unsaturated/α-hetero) is 1. The first-order valence-electron chi connectivity index (χ1n) is 14.3. The first kappa shape index (κ1) is 30.0. The van der Waals surface area contributed by atoms with Crippen LogP contribution in [0.25, 0.3) is 0 Å². The standard InChI is InChI=1S/C35H40BrO3P/c1-4-15-28(39-34-24-23-32(27(3)37)35(38)33(34)16-5-2)25-26-40(36,29-17-9-6-10-18-29,30-19-11-7-12-20-30)31-21-13-8-14-22-31/h6-14,17-24,28,38H,4-5,15-16,25-26H2,1-3H3. The normalized spacial score (nSPS) is 13.2. The third-order valence-corrected chi connectivity index (χ3v) is 17.8. The Balaban J connectivity index is 1.80. The molecule has 4 aromatic carbocycles. The Labute approximate surface area is 247 Å². The molecule has 0 amide bonds. The summed E-state index contributed by atoms with van der Waals surface area (Å²) in [7, 11) is 0. The first-order chi connectivity index (χ1) is 19.3. The van der Waals surface area contributed by atoms with Crippen LogP contribution in [0.3, 0.4) is 0 Å². The van der Waals surface area contributed by atoms with Gasteiger partial charge in [-0.25, -0.2) is 0 Å². The van der Waals surface area contributed by atoms with E-state index >= 15 is 0 Å². The molecular formula is C35H40BrO3P. The van der Waals surface area contributed by atoms with Gasteiger partial charge in [0.25, 0.3) is 0 Å². The molecule has 0 fully saturated rings. The van der Waals surface area contributed by atoms with Crippen molar-refractivity contribution < 1.29 is 14.6 Å². The van der Waals surface area contributed by atoms with Gasteiger partial charge in [-0.3, -0.25) is 0 Å². The zero-order valence-electron chi connectivity index (χ0n) is 23.7. The van der Waals surface area contributed by atoms with Crippen molar-refractivity contribution in [1.29, 1.82) is 0 Å². The van der Waals surface area contributed by atoms with Crippen LogP contribution in [0, 0.1) is 0 Å². The molecule has 5 heteroatoms. The Bertz CT molecular complexity index is 1310. The van der Waals surface area contributed by atoms with E-state index in [1.54, 1.807) is 6.07 Å². The average molecular weight is 620 g/mol. The van der Waals surface area contributed by atoms with Crippen LogP contribution in [0.2, 0.25) is 0 Å². The molecule has 0 aromatic heterocycles. The van der Waals surface area contributed by atoms with Crippen LogP contribution in [0.1, 0.15) is 62.4 Å². The number of phenolic OH excluding ortho intramolecular Hbond substituents is 1. The Morgan fingerprint density at radius 2 is 1.27 bits per heavy atom. The van der Waals surface area contributed by atoms with Crippen LogP contribution in [-0.4, -0.2) is 23.2 Å². The molecule has 0 aliphatic carbocycles. The van der Waals surface area contributed by atoms with Gasteiger partial charge in [-0.2, -0.15) is 0 Å². The Hall–Kier alpha value is -2.94. The second-order valence-corrected chi connectivity index (χ2v) is 19.5. The van der Waals surface area contributed by atoms with E-state index in [2.05, 4.69) is 120 Å². The zero-order chi connectivity index (χ0) is 28.6. The molecule has 0 radical (unpaired) electrons. The van der Waals surface area contributed by atoms with Gasteiger partial charge in [0.1, 0.15) is 0 Å². The van der Waals surface area contributed by atoms with Gasteiger partial charge in [-0.05, 0) is 0 Å². The summed E-state index contributed by atoms with van der Waals surface area (Å²) in [5.74, 6) is 0.591. The van der Waals surface area contributed by atoms with Crippen molar-refractivity contribution in [2.75, 3.05) is 6.16 Å². The molecule has 4 rings (SSSR count). The fourth-order valence-electron chi connectivity index (χ4n) is 5.71. The number of halogens is 1. The minimum atomic E-state index is -3.08. The van der Waals surface area contributed by atoms with Crippen molar-refractivity contribution in [2.45, 2.75) is 59.0 Å². The van der Waals surface area contributed by atoms with Gasteiger partial charge >= 0.3 is 248 Å². The quantitative estimate of drug-likeness (QED) is 0.121. The summed E-state index contributed by atoms with van der Waals surface area (Å²) in [5, 5.41) is 11.7. The van der Waals surface area contributed by atoms with Crippen molar-refractivity contribution in [3.8, 4) is 11.5 Å². The van der Waals surface area contributed by atoms with Crippen LogP contribution in [-0.2, 0) is 6.42 Å². The summed E-state index contributed by atoms with van der Waals surface area (Å²) in [4.78, 5) is 12.1. The number of ether oxygens (including phenoxy) is 1. The van der Waals surface area contributed by atoms with Crippen LogP contribution < -0.4 is 20.7 Å². The van der Waals surface area contributed by atoms with Crippen LogP contribution in [0.5, 0.6) is 11.5 Å². The summed E-state index contributed by atoms with van der Waals surface area (Å²) in [6, 6.07) is 36.0. The van der Waals surface area contributed by atoms with Gasteiger partial charge < -0.3 is 0 Å². The van der Waals surface area contributed by atoms with E-state index in [-0.39, 0.29) is 17.6 Å². The molecule has 0 bridgehead atoms. The van der Waals surface area contributed by atoms with Gasteiger partial charge in [-0.15, -0.1) is 0 Å². The van der Waals surface area contributed by atoms with E-state index in [1.165, 1.54) is 22.8 Å². The molecule has 1 unspecified atom stereocenters. The molecule has 3 nitrogen and oxygen atoms in total. The second kappa shape index (κ2) is 13.1. The Morgan fingerprint density at radius 1 is 0.775 bits per heavy atom. The van der Waals surface area contributed by atoms with E-state index in [0.29, 0.717) is 17.7 Å². The number of phenols is 1. The Kier molecular flexibility index (Phi) is 9.87. The summed E-state index contributed by atoms with van der Waals surface area (Å²) in [5.41, 5.74) is 1.08. The topological polar surface area (TPSA) is 46.5 Å². The van der Waals surface area contributed by atoms with Gasteiger partial charge in [-0.1, -0.05) is 0 Å². The molecule has 0 spiro atoms. The Morgan fingerprint density at radius 3 is 1.70 bits per heavy atom. The molecule has 0 saturated heterocycles. The van der Waals surface area contributed by atoms with Crippen LogP contribution in [0.15, 0.2) is 103 Å². The van der Waals surface area contributed by atoms with E-state index in [9.17, 15) is 9.90 Å². The molecule has 1 atom stereocenters. The maximum absolute atomic E-state index is 12.1. The van der Waals surface area contributed by atoms with Crippen molar-refractivity contribution in [3.63, 3.8) is 0 Å². The van der Waals surface area contributed by atoms with Crippen molar-refractivity contribution in [3.05, 3.63) is 114 Å². The maximum atomic E-state index is 12.1. The molecule has 0 saturated carbocycles. The number of hydrogen-bond acceptors (Lipinski definition) is 3. The monoisotopic (exact) mass is 618 g/mol. The van der Waals surface area contributed by atoms with E-state index in [0.717, 1.165) is 37.4 Å². The predicted molar refractivity (Wildman–Crippen MR) is 175 cm³/mol. The number of carbonyl (C=O) groups is 1. The van der Waals surface area contributed by atoms with Crippen molar-refractivity contribution >= 4 is 42.5 Å². The molecule has 4 aromatic rings. The minimum absolute atomic E-state index is 0.0556. The molecular weight excluding hydrogens is 579 g/mol. The van der Waals surface area contributed by atoms with Crippen LogP contribution >= 0.6 is 20.8 Å². The number of aromatic hydroxyl groups is 1. The molecule has 0 heterocycles. The second-order valence-electron chi connectivity index (χ2n) is 10.5. The molecule has 0 aliphatic heterocycles. The van der Waals surface area contributed by atoms with E-state index < -0.39 is 5.31 Å². The number of ketones is 1. The third kappa shape index (κ3) is 5.90. The summed E-state index contributed by atoms with van der Waals surface area (Å²) >= 11 is 4.56. The van der Waals surface area contributed by atoms with Gasteiger partial charge in [0.15, 0.2) is 0 Å². The molecule has 1 N–H and O–H groups in total. The number of carbonyl (C=O) groups excluding carboxylic acids is 1. The third-order valence-electron chi connectivity index (χ3n) is 7.78. The fraction of sp³-hybridized carbons (Fsp3) is 0.286. The van der Waals surface area contributed by atoms with Crippen molar-refractivity contribution in [1.82, 2.24) is 0 Å². The number of benzene rings is 4. The van der Waals surface area contributed by atoms with E-state index in [4.69, 9.17) is 4.74 Å². The summed E-state index contributed by atoms with van der Waals surface area (Å²) in [6.07, 6.45) is 4.99. The van der Waals surface area contributed by atoms with E-state index in [1.807, 2.05) is 6.07 Å². The number of hydrogen-bond donors (Lipinski definition) is 1. The number of rotatable bonds is 13. The van der Waals surface area contributed by atoms with Crippen LogP contribution in [0.4, 0.5) is 0 Å². The fourth-order valence-corrected chi connectivity index (χ4v) is 13.3. The SMILES string of the molecule is CCCc1c(OC(CCC)CCP(Br)(c2ccccc2)(c2ccccc2)c2ccccc2)ccc(C(C)=O)c1O. The summed E-state index contributed by atoms with van der Waals surface area (Å²) in [6.45, 7) is 5.74. The van der Waals surface area contributed by atoms with Gasteiger partial charge in [0.05, 0.1) is 0 Å².